The summed E-state index contributed by atoms with van der Waals surface area (Å²) in [7, 11) is -4.95. The van der Waals surface area contributed by atoms with Gasteiger partial charge < -0.3 is 18.5 Å². The standard InChI is InChI=1S/C12H20FO8P/c1-5-18-10(15)9(14)12(13,11(16)19-6-2)22(17,20-7-3)21-8-4/h5-8H2,1-4H3. The Balaban J connectivity index is 5.97. The Hall–Kier alpha value is -1.31. The van der Waals surface area contributed by atoms with Gasteiger partial charge in [-0.2, -0.15) is 0 Å². The van der Waals surface area contributed by atoms with Gasteiger partial charge in [0, 0.05) is 0 Å². The van der Waals surface area contributed by atoms with Crippen molar-refractivity contribution in [3.05, 3.63) is 0 Å². The highest BCUT2D eigenvalue weighted by Gasteiger charge is 2.67. The second-order valence-corrected chi connectivity index (χ2v) is 5.85. The molecule has 0 aromatic rings. The van der Waals surface area contributed by atoms with Gasteiger partial charge in [0.15, 0.2) is 0 Å². The van der Waals surface area contributed by atoms with Crippen LogP contribution >= 0.6 is 7.60 Å². The van der Waals surface area contributed by atoms with Gasteiger partial charge in [0.1, 0.15) is 0 Å². The van der Waals surface area contributed by atoms with Crippen LogP contribution in [0.15, 0.2) is 0 Å². The molecule has 0 rings (SSSR count). The minimum Gasteiger partial charge on any atom is -0.463 e. The predicted molar refractivity (Wildman–Crippen MR) is 73.0 cm³/mol. The van der Waals surface area contributed by atoms with Gasteiger partial charge in [-0.3, -0.25) is 9.36 Å². The van der Waals surface area contributed by atoms with Gasteiger partial charge in [0.25, 0.3) is 0 Å². The predicted octanol–water partition coefficient (Wildman–Crippen LogP) is 1.61. The Labute approximate surface area is 127 Å². The normalized spacial score (nSPS) is 14.0. The van der Waals surface area contributed by atoms with E-state index in [9.17, 15) is 18.9 Å². The number of carbonyl (C=O) groups is 3. The quantitative estimate of drug-likeness (QED) is 0.255. The molecule has 0 aliphatic carbocycles. The summed E-state index contributed by atoms with van der Waals surface area (Å²) in [5.74, 6) is -5.48. The van der Waals surface area contributed by atoms with Crippen molar-refractivity contribution < 1.29 is 41.9 Å². The van der Waals surface area contributed by atoms with Crippen LogP contribution in [0.1, 0.15) is 27.7 Å². The molecule has 0 aromatic carbocycles. The van der Waals surface area contributed by atoms with Crippen molar-refractivity contribution in [2.45, 2.75) is 33.1 Å². The molecule has 22 heavy (non-hydrogen) atoms. The highest BCUT2D eigenvalue weighted by molar-refractivity contribution is 7.58. The average molecular weight is 342 g/mol. The molecule has 0 N–H and O–H groups in total. The molecule has 0 amide bonds. The molecule has 1 unspecified atom stereocenters. The van der Waals surface area contributed by atoms with E-state index in [4.69, 9.17) is 0 Å². The summed E-state index contributed by atoms with van der Waals surface area (Å²) in [6.07, 6.45) is 0. The topological polar surface area (TPSA) is 105 Å². The Morgan fingerprint density at radius 1 is 0.909 bits per heavy atom. The fraction of sp³-hybridized carbons (Fsp3) is 0.750. The molecule has 10 heteroatoms. The van der Waals surface area contributed by atoms with Gasteiger partial charge in [-0.15, -0.1) is 0 Å². The summed E-state index contributed by atoms with van der Waals surface area (Å²) >= 11 is 0. The van der Waals surface area contributed by atoms with Crippen molar-refractivity contribution in [2.24, 2.45) is 0 Å². The second kappa shape index (κ2) is 8.97. The molecule has 0 saturated carbocycles. The van der Waals surface area contributed by atoms with Crippen LogP contribution in [0.4, 0.5) is 4.39 Å². The maximum atomic E-state index is 15.1. The second-order valence-electron chi connectivity index (χ2n) is 3.73. The van der Waals surface area contributed by atoms with E-state index in [0.29, 0.717) is 0 Å². The Morgan fingerprint density at radius 3 is 1.73 bits per heavy atom. The first kappa shape index (κ1) is 20.7. The lowest BCUT2D eigenvalue weighted by Crippen LogP contribution is -2.48. The van der Waals surface area contributed by atoms with Gasteiger partial charge in [0.05, 0.1) is 26.4 Å². The summed E-state index contributed by atoms with van der Waals surface area (Å²) in [6, 6.07) is 0. The molecule has 0 radical (unpaired) electrons. The smallest absolute Gasteiger partial charge is 0.387 e. The van der Waals surface area contributed by atoms with E-state index >= 15 is 4.39 Å². The molecule has 1 atom stereocenters. The molecule has 0 heterocycles. The number of carbonyl (C=O) groups excluding carboxylic acids is 3. The van der Waals surface area contributed by atoms with E-state index in [-0.39, 0.29) is 26.4 Å². The maximum absolute atomic E-state index is 15.1. The highest BCUT2D eigenvalue weighted by Crippen LogP contribution is 2.62. The number of ketones is 1. The lowest BCUT2D eigenvalue weighted by Gasteiger charge is -2.28. The van der Waals surface area contributed by atoms with Crippen LogP contribution in [0.5, 0.6) is 0 Å². The fourth-order valence-corrected chi connectivity index (χ4v) is 3.18. The van der Waals surface area contributed by atoms with Crippen LogP contribution in [-0.2, 0) is 37.5 Å². The molecule has 0 aliphatic heterocycles. The van der Waals surface area contributed by atoms with Gasteiger partial charge >= 0.3 is 30.7 Å². The lowest BCUT2D eigenvalue weighted by atomic mass is 10.2. The van der Waals surface area contributed by atoms with Crippen molar-refractivity contribution in [3.8, 4) is 0 Å². The summed E-state index contributed by atoms with van der Waals surface area (Å²) in [4.78, 5) is 35.3. The zero-order chi connectivity index (χ0) is 17.4. The average Bonchev–Trinajstić information content (AvgIpc) is 2.46. The third kappa shape index (κ3) is 4.12. The zero-order valence-electron chi connectivity index (χ0n) is 12.9. The minimum atomic E-state index is -4.95. The third-order valence-electron chi connectivity index (χ3n) is 2.28. The number of alkyl halides is 1. The largest absolute Gasteiger partial charge is 0.463 e. The number of hydrogen-bond acceptors (Lipinski definition) is 8. The first-order valence-electron chi connectivity index (χ1n) is 6.71. The Kier molecular flexibility index (Phi) is 8.44. The van der Waals surface area contributed by atoms with E-state index < -0.39 is 30.7 Å². The molecule has 0 bridgehead atoms. The van der Waals surface area contributed by atoms with Crippen LogP contribution in [0.25, 0.3) is 0 Å². The SMILES string of the molecule is CCOC(=O)C(=O)C(F)(C(=O)OCC)P(=O)(OCC)OCC. The van der Waals surface area contributed by atoms with Crippen molar-refractivity contribution in [1.29, 1.82) is 0 Å². The van der Waals surface area contributed by atoms with Gasteiger partial charge in [0.2, 0.25) is 0 Å². The maximum Gasteiger partial charge on any atom is 0.387 e. The third-order valence-corrected chi connectivity index (χ3v) is 4.62. The first-order chi connectivity index (χ1) is 10.2. The molecule has 0 aromatic heterocycles. The highest BCUT2D eigenvalue weighted by atomic mass is 31.2. The number of Topliss-reactive ketones (excluding diaryl/α,β-unsaturated/α-hetero) is 1. The Morgan fingerprint density at radius 2 is 1.36 bits per heavy atom. The van der Waals surface area contributed by atoms with Gasteiger partial charge in [-0.05, 0) is 27.7 Å². The van der Waals surface area contributed by atoms with Gasteiger partial charge in [-0.25, -0.2) is 14.0 Å². The molecule has 8 nitrogen and oxygen atoms in total. The van der Waals surface area contributed by atoms with Crippen LogP contribution in [0.3, 0.4) is 0 Å². The van der Waals surface area contributed by atoms with Crippen LogP contribution < -0.4 is 0 Å². The minimum absolute atomic E-state index is 0.239. The Bertz CT molecular complexity index is 456. The summed E-state index contributed by atoms with van der Waals surface area (Å²) in [5.41, 5.74) is 0. The number of esters is 2. The molecule has 0 saturated heterocycles. The fourth-order valence-electron chi connectivity index (χ4n) is 1.44. The monoisotopic (exact) mass is 342 g/mol. The number of hydrogen-bond donors (Lipinski definition) is 0. The molecule has 0 aliphatic rings. The van der Waals surface area contributed by atoms with Crippen molar-refractivity contribution in [2.75, 3.05) is 26.4 Å². The van der Waals surface area contributed by atoms with Crippen molar-refractivity contribution in [1.82, 2.24) is 0 Å². The van der Waals surface area contributed by atoms with Crippen LogP contribution in [0, 0.1) is 0 Å². The van der Waals surface area contributed by atoms with Crippen LogP contribution in [0.2, 0.25) is 0 Å². The first-order valence-corrected chi connectivity index (χ1v) is 8.26. The molecular weight excluding hydrogens is 322 g/mol. The zero-order valence-corrected chi connectivity index (χ0v) is 13.8. The molecule has 0 fully saturated rings. The van der Waals surface area contributed by atoms with Crippen molar-refractivity contribution in [3.63, 3.8) is 0 Å². The van der Waals surface area contributed by atoms with E-state index in [1.807, 2.05) is 0 Å². The van der Waals surface area contributed by atoms with Gasteiger partial charge in [-0.1, -0.05) is 0 Å². The van der Waals surface area contributed by atoms with E-state index in [2.05, 4.69) is 18.5 Å². The van der Waals surface area contributed by atoms with E-state index in [1.54, 1.807) is 0 Å². The van der Waals surface area contributed by atoms with Crippen molar-refractivity contribution >= 4 is 25.3 Å². The molecule has 0 spiro atoms. The molecule has 128 valence electrons. The number of rotatable bonds is 10. The van der Waals surface area contributed by atoms with Crippen LogP contribution in [-0.4, -0.2) is 49.6 Å². The lowest BCUT2D eigenvalue weighted by molar-refractivity contribution is -0.166. The summed E-state index contributed by atoms with van der Waals surface area (Å²) in [5, 5.41) is -3.92. The summed E-state index contributed by atoms with van der Waals surface area (Å²) < 4.78 is 45.8. The molecular formula is C12H20FO8P. The summed E-state index contributed by atoms with van der Waals surface area (Å²) in [6.45, 7) is 4.24. The number of ether oxygens (including phenoxy) is 2. The number of halogens is 1. The van der Waals surface area contributed by atoms with E-state index in [0.717, 1.165) is 0 Å². The van der Waals surface area contributed by atoms with E-state index in [1.165, 1.54) is 27.7 Å².